The molecule has 31 heavy (non-hydrogen) atoms. The maximum absolute atomic E-state index is 14.2. The van der Waals surface area contributed by atoms with Gasteiger partial charge in [0.15, 0.2) is 0 Å². The van der Waals surface area contributed by atoms with E-state index in [1.54, 1.807) is 23.5 Å². The van der Waals surface area contributed by atoms with Crippen molar-refractivity contribution in [2.75, 3.05) is 18.4 Å². The average Bonchev–Trinajstić information content (AvgIpc) is 3.04. The maximum atomic E-state index is 14.2. The third-order valence-corrected chi connectivity index (χ3v) is 7.45. The largest absolute Gasteiger partial charge is 0.313 e. The molecule has 4 rings (SSSR count). The first kappa shape index (κ1) is 21.7. The fourth-order valence-electron chi connectivity index (χ4n) is 4.35. The number of benzene rings is 2. The first-order valence-electron chi connectivity index (χ1n) is 10.9. The number of carbonyl (C=O) groups excluding carboxylic acids is 1. The van der Waals surface area contributed by atoms with Crippen molar-refractivity contribution in [3.8, 4) is 0 Å². The van der Waals surface area contributed by atoms with Crippen LogP contribution >= 0.6 is 11.3 Å². The Hall–Kier alpha value is -2.50. The van der Waals surface area contributed by atoms with Crippen LogP contribution in [0.4, 0.5) is 9.39 Å². The zero-order valence-corrected chi connectivity index (χ0v) is 19.1. The van der Waals surface area contributed by atoms with Crippen LogP contribution in [0.2, 0.25) is 0 Å². The molecule has 0 spiro atoms. The second-order valence-electron chi connectivity index (χ2n) is 8.52. The molecule has 0 radical (unpaired) electrons. The average molecular weight is 437 g/mol. The summed E-state index contributed by atoms with van der Waals surface area (Å²) in [5, 5.41) is 4.02. The number of carbonyl (C=O) groups is 1. The lowest BCUT2D eigenvalue weighted by atomic mass is 9.91. The summed E-state index contributed by atoms with van der Waals surface area (Å²) in [6, 6.07) is 16.1. The minimum absolute atomic E-state index is 0.0841. The number of hydrogen-bond donors (Lipinski definition) is 1. The molecule has 5 heteroatoms. The van der Waals surface area contributed by atoms with Crippen molar-refractivity contribution in [1.82, 2.24) is 4.90 Å². The molecular formula is C26H29FN2OS. The van der Waals surface area contributed by atoms with Gasteiger partial charge in [0.2, 0.25) is 0 Å². The molecule has 0 bridgehead atoms. The number of hydrogen-bond acceptors (Lipinski definition) is 3. The van der Waals surface area contributed by atoms with Crippen molar-refractivity contribution in [1.29, 1.82) is 0 Å². The Balaban J connectivity index is 1.76. The Morgan fingerprint density at radius 1 is 1.10 bits per heavy atom. The fraction of sp³-hybridized carbons (Fsp3) is 0.346. The van der Waals surface area contributed by atoms with Gasteiger partial charge in [-0.05, 0) is 81.1 Å². The topological polar surface area (TPSA) is 32.3 Å². The molecule has 0 aliphatic carbocycles. The number of nitrogens with zero attached hydrogens (tertiary/aromatic N) is 1. The summed E-state index contributed by atoms with van der Waals surface area (Å²) in [5.74, 6) is 0.354. The molecule has 3 nitrogen and oxygen atoms in total. The normalized spacial score (nSPS) is 16.3. The van der Waals surface area contributed by atoms with Gasteiger partial charge in [0.25, 0.3) is 5.91 Å². The van der Waals surface area contributed by atoms with Crippen molar-refractivity contribution >= 4 is 22.2 Å². The molecule has 1 N–H and O–H groups in total. The zero-order chi connectivity index (χ0) is 22.0. The van der Waals surface area contributed by atoms with Crippen LogP contribution in [0, 0.1) is 25.6 Å². The van der Waals surface area contributed by atoms with Crippen molar-refractivity contribution in [3.63, 3.8) is 0 Å². The van der Waals surface area contributed by atoms with Crippen molar-refractivity contribution < 1.29 is 9.18 Å². The Morgan fingerprint density at radius 3 is 2.48 bits per heavy atom. The van der Waals surface area contributed by atoms with Gasteiger partial charge in [0.05, 0.1) is 6.04 Å². The highest BCUT2D eigenvalue weighted by molar-refractivity contribution is 7.16. The molecule has 1 aliphatic rings. The number of anilines is 1. The first-order chi connectivity index (χ1) is 14.9. The van der Waals surface area contributed by atoms with Crippen molar-refractivity contribution in [2.24, 2.45) is 5.92 Å². The van der Waals surface area contributed by atoms with E-state index in [-0.39, 0.29) is 17.8 Å². The van der Waals surface area contributed by atoms with Crippen LogP contribution in [0.25, 0.3) is 0 Å². The minimum atomic E-state index is -0.229. The maximum Gasteiger partial charge on any atom is 0.256 e. The van der Waals surface area contributed by atoms with Gasteiger partial charge in [-0.2, -0.15) is 0 Å². The van der Waals surface area contributed by atoms with Gasteiger partial charge in [-0.25, -0.2) is 4.39 Å². The van der Waals surface area contributed by atoms with Crippen molar-refractivity contribution in [3.05, 3.63) is 87.5 Å². The van der Waals surface area contributed by atoms with Crippen LogP contribution in [0.5, 0.6) is 0 Å². The summed E-state index contributed by atoms with van der Waals surface area (Å²) in [5.41, 5.74) is 3.82. The molecule has 0 unspecified atom stereocenters. The molecule has 0 saturated carbocycles. The SMILES string of the molecule is Cc1sc(NC(=O)c2ccccc2)c([C@@H](c2cccc(F)c2)N2CCC(C)CC2)c1C. The first-order valence-corrected chi connectivity index (χ1v) is 11.7. The number of piperidine rings is 1. The highest BCUT2D eigenvalue weighted by Gasteiger charge is 2.31. The Bertz CT molecular complexity index is 1050. The number of nitrogens with one attached hydrogen (secondary N) is 1. The molecule has 162 valence electrons. The zero-order valence-electron chi connectivity index (χ0n) is 18.3. The lowest BCUT2D eigenvalue weighted by Gasteiger charge is -2.37. The van der Waals surface area contributed by atoms with E-state index in [9.17, 15) is 9.18 Å². The predicted molar refractivity (Wildman–Crippen MR) is 126 cm³/mol. The van der Waals surface area contributed by atoms with E-state index >= 15 is 0 Å². The lowest BCUT2D eigenvalue weighted by Crippen LogP contribution is -2.37. The van der Waals surface area contributed by atoms with Crippen molar-refractivity contribution in [2.45, 2.75) is 39.7 Å². The molecule has 1 fully saturated rings. The third-order valence-electron chi connectivity index (χ3n) is 6.32. The van der Waals surface area contributed by atoms with E-state index in [0.29, 0.717) is 11.5 Å². The van der Waals surface area contributed by atoms with Crippen LogP contribution < -0.4 is 5.32 Å². The molecule has 1 aliphatic heterocycles. The molecule has 1 aromatic heterocycles. The minimum Gasteiger partial charge on any atom is -0.313 e. The molecule has 1 atom stereocenters. The smallest absolute Gasteiger partial charge is 0.256 e. The number of amides is 1. The number of rotatable bonds is 5. The van der Waals surface area contributed by atoms with Gasteiger partial charge >= 0.3 is 0 Å². The number of halogens is 1. The van der Waals surface area contributed by atoms with E-state index in [2.05, 4.69) is 31.0 Å². The summed E-state index contributed by atoms with van der Waals surface area (Å²) >= 11 is 1.60. The highest BCUT2D eigenvalue weighted by atomic mass is 32.1. The van der Waals surface area contributed by atoms with Gasteiger partial charge in [-0.3, -0.25) is 9.69 Å². The molecule has 1 saturated heterocycles. The summed E-state index contributed by atoms with van der Waals surface area (Å²) in [4.78, 5) is 16.6. The Morgan fingerprint density at radius 2 is 1.81 bits per heavy atom. The summed E-state index contributed by atoms with van der Waals surface area (Å²) in [7, 11) is 0. The van der Waals surface area contributed by atoms with Gasteiger partial charge in [-0.15, -0.1) is 11.3 Å². The number of thiophene rings is 1. The predicted octanol–water partition coefficient (Wildman–Crippen LogP) is 6.58. The third kappa shape index (κ3) is 4.73. The van der Waals surface area contributed by atoms with E-state index in [1.807, 2.05) is 36.4 Å². The molecule has 2 heterocycles. The number of aryl methyl sites for hydroxylation is 1. The monoisotopic (exact) mass is 436 g/mol. The second-order valence-corrected chi connectivity index (χ2v) is 9.75. The lowest BCUT2D eigenvalue weighted by molar-refractivity contribution is 0.102. The standard InChI is InChI=1S/C26H29FN2OS/c1-17-12-14-29(15-13-17)24(21-10-7-11-22(27)16-21)23-18(2)19(3)31-26(23)28-25(30)20-8-5-4-6-9-20/h4-11,16-17,24H,12-15H2,1-3H3,(H,28,30)/t24-/m1/s1. The Kier molecular flexibility index (Phi) is 6.54. The van der Waals surface area contributed by atoms with Gasteiger partial charge in [-0.1, -0.05) is 37.3 Å². The summed E-state index contributed by atoms with van der Waals surface area (Å²) in [6.45, 7) is 8.41. The van der Waals surface area contributed by atoms with Crippen LogP contribution in [-0.2, 0) is 0 Å². The van der Waals surface area contributed by atoms with Crippen LogP contribution in [0.1, 0.15) is 57.7 Å². The molecule has 2 aromatic carbocycles. The fourth-order valence-corrected chi connectivity index (χ4v) is 5.44. The van der Waals surface area contributed by atoms with Crippen LogP contribution in [-0.4, -0.2) is 23.9 Å². The van der Waals surface area contributed by atoms with Gasteiger partial charge < -0.3 is 5.32 Å². The molecular weight excluding hydrogens is 407 g/mol. The van der Waals surface area contributed by atoms with E-state index in [4.69, 9.17) is 0 Å². The summed E-state index contributed by atoms with van der Waals surface area (Å²) in [6.07, 6.45) is 2.25. The quantitative estimate of drug-likeness (QED) is 0.490. The number of likely N-dealkylation sites (tertiary alicyclic amines) is 1. The molecule has 3 aromatic rings. The summed E-state index contributed by atoms with van der Waals surface area (Å²) < 4.78 is 14.2. The van der Waals surface area contributed by atoms with Gasteiger partial charge in [0.1, 0.15) is 10.8 Å². The molecule has 1 amide bonds. The van der Waals surface area contributed by atoms with Gasteiger partial charge in [0, 0.05) is 16.0 Å². The highest BCUT2D eigenvalue weighted by Crippen LogP contribution is 2.43. The van der Waals surface area contributed by atoms with Crippen LogP contribution in [0.3, 0.4) is 0 Å². The van der Waals surface area contributed by atoms with E-state index in [1.165, 1.54) is 16.5 Å². The van der Waals surface area contributed by atoms with E-state index < -0.39 is 0 Å². The second kappa shape index (κ2) is 9.33. The van der Waals surface area contributed by atoms with Crippen LogP contribution in [0.15, 0.2) is 54.6 Å². The Labute approximate surface area is 187 Å². The van der Waals surface area contributed by atoms with E-state index in [0.717, 1.165) is 42.1 Å².